The molecule has 0 radical (unpaired) electrons. The first kappa shape index (κ1) is 14.5. The second-order valence-electron chi connectivity index (χ2n) is 5.21. The number of benzene rings is 1. The molecule has 0 aromatic heterocycles. The average Bonchev–Trinajstić information content (AvgIpc) is 2.46. The number of piperidine rings is 1. The summed E-state index contributed by atoms with van der Waals surface area (Å²) in [6.07, 6.45) is 1.66. The van der Waals surface area contributed by atoms with Crippen LogP contribution in [0.25, 0.3) is 0 Å². The zero-order valence-corrected chi connectivity index (χ0v) is 11.7. The van der Waals surface area contributed by atoms with E-state index in [0.29, 0.717) is 6.04 Å². The van der Waals surface area contributed by atoms with Crippen LogP contribution in [-0.4, -0.2) is 30.9 Å². The highest BCUT2D eigenvalue weighted by Crippen LogP contribution is 2.15. The zero-order chi connectivity index (χ0) is 14.4. The van der Waals surface area contributed by atoms with Crippen molar-refractivity contribution in [3.8, 4) is 0 Å². The molecule has 0 aliphatic carbocycles. The monoisotopic (exact) mass is 275 g/mol. The highest BCUT2D eigenvalue weighted by molar-refractivity contribution is 5.94. The lowest BCUT2D eigenvalue weighted by Gasteiger charge is -2.26. The van der Waals surface area contributed by atoms with E-state index in [0.717, 1.165) is 25.1 Å². The number of nitrogens with one attached hydrogen (secondary N) is 3. The normalized spacial score (nSPS) is 22.1. The van der Waals surface area contributed by atoms with E-state index >= 15 is 0 Å². The van der Waals surface area contributed by atoms with Gasteiger partial charge in [0.2, 0.25) is 11.8 Å². The summed E-state index contributed by atoms with van der Waals surface area (Å²) in [6.45, 7) is 2.95. The molecule has 1 fully saturated rings. The smallest absolute Gasteiger partial charge is 0.243 e. The molecule has 1 aromatic rings. The first-order valence-corrected chi connectivity index (χ1v) is 7.01. The van der Waals surface area contributed by atoms with Gasteiger partial charge in [0.15, 0.2) is 0 Å². The highest BCUT2D eigenvalue weighted by atomic mass is 16.2. The Kier molecular flexibility index (Phi) is 5.12. The first-order chi connectivity index (χ1) is 9.65. The summed E-state index contributed by atoms with van der Waals surface area (Å²) in [6, 6.07) is 9.57. The third-order valence-corrected chi connectivity index (χ3v) is 3.48. The van der Waals surface area contributed by atoms with E-state index in [1.165, 1.54) is 0 Å². The minimum atomic E-state index is -0.202. The van der Waals surface area contributed by atoms with Crippen molar-refractivity contribution in [3.63, 3.8) is 0 Å². The molecule has 0 spiro atoms. The van der Waals surface area contributed by atoms with Crippen molar-refractivity contribution < 1.29 is 9.59 Å². The Balaban J connectivity index is 1.74. The Morgan fingerprint density at radius 1 is 1.30 bits per heavy atom. The van der Waals surface area contributed by atoms with Gasteiger partial charge < -0.3 is 16.0 Å². The molecular formula is C15H21N3O2. The minimum Gasteiger partial charge on any atom is -0.347 e. The zero-order valence-electron chi connectivity index (χ0n) is 11.7. The van der Waals surface area contributed by atoms with E-state index in [-0.39, 0.29) is 24.3 Å². The van der Waals surface area contributed by atoms with E-state index in [1.807, 2.05) is 30.3 Å². The molecule has 20 heavy (non-hydrogen) atoms. The Hall–Kier alpha value is -1.88. The Morgan fingerprint density at radius 3 is 2.75 bits per heavy atom. The van der Waals surface area contributed by atoms with Gasteiger partial charge in [-0.2, -0.15) is 0 Å². The SMILES string of the molecule is C[C@H]1C[C@@H](C(=O)NCC(=O)Nc2ccccc2)CCN1. The number of para-hydroxylation sites is 1. The van der Waals surface area contributed by atoms with E-state index in [9.17, 15) is 9.59 Å². The highest BCUT2D eigenvalue weighted by Gasteiger charge is 2.24. The molecule has 5 heteroatoms. The molecule has 0 bridgehead atoms. The van der Waals surface area contributed by atoms with Crippen LogP contribution in [0.15, 0.2) is 30.3 Å². The van der Waals surface area contributed by atoms with Gasteiger partial charge in [0.25, 0.3) is 0 Å². The predicted octanol–water partition coefficient (Wildman–Crippen LogP) is 1.13. The summed E-state index contributed by atoms with van der Waals surface area (Å²) in [7, 11) is 0. The molecule has 108 valence electrons. The quantitative estimate of drug-likeness (QED) is 0.771. The number of hydrogen-bond acceptors (Lipinski definition) is 3. The van der Waals surface area contributed by atoms with Gasteiger partial charge in [0.1, 0.15) is 0 Å². The lowest BCUT2D eigenvalue weighted by atomic mass is 9.92. The molecule has 2 atom stereocenters. The largest absolute Gasteiger partial charge is 0.347 e. The van der Waals surface area contributed by atoms with Crippen LogP contribution in [-0.2, 0) is 9.59 Å². The third kappa shape index (κ3) is 4.35. The van der Waals surface area contributed by atoms with E-state index in [1.54, 1.807) is 0 Å². The Labute approximate surface area is 119 Å². The summed E-state index contributed by atoms with van der Waals surface area (Å²) in [5.41, 5.74) is 0.738. The summed E-state index contributed by atoms with van der Waals surface area (Å²) in [5.74, 6) is -0.219. The number of rotatable bonds is 4. The second kappa shape index (κ2) is 7.05. The van der Waals surface area contributed by atoms with Crippen molar-refractivity contribution >= 4 is 17.5 Å². The number of amides is 2. The van der Waals surface area contributed by atoms with E-state index in [4.69, 9.17) is 0 Å². The molecule has 3 N–H and O–H groups in total. The van der Waals surface area contributed by atoms with Gasteiger partial charge >= 0.3 is 0 Å². The standard InChI is InChI=1S/C15H21N3O2/c1-11-9-12(7-8-16-11)15(20)17-10-14(19)18-13-5-3-2-4-6-13/h2-6,11-12,16H,7-10H2,1H3,(H,17,20)(H,18,19)/t11-,12-/m0/s1. The molecule has 2 amide bonds. The van der Waals surface area contributed by atoms with Crippen LogP contribution in [0, 0.1) is 5.92 Å². The fourth-order valence-corrected chi connectivity index (χ4v) is 2.41. The van der Waals surface area contributed by atoms with Gasteiger partial charge in [-0.3, -0.25) is 9.59 Å². The van der Waals surface area contributed by atoms with Gasteiger partial charge in [-0.05, 0) is 38.4 Å². The van der Waals surface area contributed by atoms with E-state index < -0.39 is 0 Å². The van der Waals surface area contributed by atoms with Crippen molar-refractivity contribution in [1.29, 1.82) is 0 Å². The van der Waals surface area contributed by atoms with Crippen molar-refractivity contribution in [2.24, 2.45) is 5.92 Å². The van der Waals surface area contributed by atoms with Crippen molar-refractivity contribution in [2.75, 3.05) is 18.4 Å². The predicted molar refractivity (Wildman–Crippen MR) is 78.3 cm³/mol. The van der Waals surface area contributed by atoms with Crippen LogP contribution in [0.4, 0.5) is 5.69 Å². The maximum absolute atomic E-state index is 12.0. The molecule has 0 saturated carbocycles. The van der Waals surface area contributed by atoms with Crippen LogP contribution < -0.4 is 16.0 Å². The van der Waals surface area contributed by atoms with Crippen LogP contribution in [0.5, 0.6) is 0 Å². The van der Waals surface area contributed by atoms with E-state index in [2.05, 4.69) is 22.9 Å². The Bertz CT molecular complexity index is 461. The van der Waals surface area contributed by atoms with Gasteiger partial charge in [-0.15, -0.1) is 0 Å². The van der Waals surface area contributed by atoms with Gasteiger partial charge in [0, 0.05) is 17.6 Å². The molecule has 0 unspecified atom stereocenters. The number of anilines is 1. The molecule has 5 nitrogen and oxygen atoms in total. The number of carbonyl (C=O) groups is 2. The first-order valence-electron chi connectivity index (χ1n) is 7.01. The van der Waals surface area contributed by atoms with Crippen molar-refractivity contribution in [3.05, 3.63) is 30.3 Å². The molecule has 1 aromatic carbocycles. The average molecular weight is 275 g/mol. The van der Waals surface area contributed by atoms with Gasteiger partial charge in [-0.25, -0.2) is 0 Å². The van der Waals surface area contributed by atoms with Crippen LogP contribution in [0.1, 0.15) is 19.8 Å². The van der Waals surface area contributed by atoms with Crippen LogP contribution >= 0.6 is 0 Å². The summed E-state index contributed by atoms with van der Waals surface area (Å²) in [4.78, 5) is 23.7. The van der Waals surface area contributed by atoms with Crippen molar-refractivity contribution in [1.82, 2.24) is 10.6 Å². The fraction of sp³-hybridized carbons (Fsp3) is 0.467. The molecule has 1 saturated heterocycles. The van der Waals surface area contributed by atoms with Gasteiger partial charge in [-0.1, -0.05) is 18.2 Å². The fourth-order valence-electron chi connectivity index (χ4n) is 2.41. The lowest BCUT2D eigenvalue weighted by molar-refractivity contribution is -0.128. The summed E-state index contributed by atoms with van der Waals surface area (Å²) in [5, 5.41) is 8.76. The topological polar surface area (TPSA) is 70.2 Å². The van der Waals surface area contributed by atoms with Gasteiger partial charge in [0.05, 0.1) is 6.54 Å². The summed E-state index contributed by atoms with van der Waals surface area (Å²) >= 11 is 0. The number of carbonyl (C=O) groups excluding carboxylic acids is 2. The molecular weight excluding hydrogens is 254 g/mol. The van der Waals surface area contributed by atoms with Crippen LogP contribution in [0.3, 0.4) is 0 Å². The molecule has 1 heterocycles. The maximum Gasteiger partial charge on any atom is 0.243 e. The minimum absolute atomic E-state index is 0.00998. The molecule has 1 aliphatic rings. The van der Waals surface area contributed by atoms with Crippen molar-refractivity contribution in [2.45, 2.75) is 25.8 Å². The third-order valence-electron chi connectivity index (χ3n) is 3.48. The maximum atomic E-state index is 12.0. The molecule has 2 rings (SSSR count). The second-order valence-corrected chi connectivity index (χ2v) is 5.21. The lowest BCUT2D eigenvalue weighted by Crippen LogP contribution is -2.44. The number of hydrogen-bond donors (Lipinski definition) is 3. The Morgan fingerprint density at radius 2 is 2.05 bits per heavy atom. The van der Waals surface area contributed by atoms with Crippen LogP contribution in [0.2, 0.25) is 0 Å². The molecule has 1 aliphatic heterocycles. The summed E-state index contributed by atoms with van der Waals surface area (Å²) < 4.78 is 0.